The van der Waals surface area contributed by atoms with Crippen molar-refractivity contribution in [3.8, 4) is 11.5 Å². The minimum Gasteiger partial charge on any atom is -0.343 e. The van der Waals surface area contributed by atoms with E-state index in [4.69, 9.17) is 4.52 Å². The molecule has 7 nitrogen and oxygen atoms in total. The summed E-state index contributed by atoms with van der Waals surface area (Å²) in [6.07, 6.45) is 2.69. The van der Waals surface area contributed by atoms with Gasteiger partial charge in [-0.1, -0.05) is 11.2 Å². The van der Waals surface area contributed by atoms with Crippen LogP contribution >= 0.6 is 0 Å². The highest BCUT2D eigenvalue weighted by Gasteiger charge is 2.23. The largest absolute Gasteiger partial charge is 0.343 e. The lowest BCUT2D eigenvalue weighted by Gasteiger charge is -2.01. The quantitative estimate of drug-likeness (QED) is 0.755. The fraction of sp³-hybridized carbons (Fsp3) is 0.250. The predicted molar refractivity (Wildman–Crippen MR) is 81.4 cm³/mol. The molecular weight excluding hydrogens is 332 g/mol. The molecule has 0 atom stereocenters. The van der Waals surface area contributed by atoms with Crippen LogP contribution in [0.3, 0.4) is 0 Å². The number of nitrogens with zero attached hydrogens (tertiary/aromatic N) is 3. The summed E-state index contributed by atoms with van der Waals surface area (Å²) in [5.41, 5.74) is 1.89. The van der Waals surface area contributed by atoms with Gasteiger partial charge >= 0.3 is 0 Å². The van der Waals surface area contributed by atoms with Gasteiger partial charge in [-0.3, -0.25) is 9.89 Å². The normalized spacial score (nSPS) is 13.0. The Kier molecular flexibility index (Phi) is 3.75. The first-order valence-corrected chi connectivity index (χ1v) is 7.75. The van der Waals surface area contributed by atoms with Gasteiger partial charge in [0.1, 0.15) is 17.2 Å². The van der Waals surface area contributed by atoms with Crippen molar-refractivity contribution in [2.45, 2.75) is 25.8 Å². The van der Waals surface area contributed by atoms with Crippen LogP contribution in [-0.4, -0.2) is 26.2 Å². The van der Waals surface area contributed by atoms with E-state index in [2.05, 4.69) is 25.7 Å². The number of fused-ring (bicyclic) bond motifs is 1. The Morgan fingerprint density at radius 2 is 2.08 bits per heavy atom. The third-order valence-corrected chi connectivity index (χ3v) is 4.07. The van der Waals surface area contributed by atoms with Crippen molar-refractivity contribution in [2.75, 3.05) is 0 Å². The van der Waals surface area contributed by atoms with Crippen molar-refractivity contribution >= 4 is 5.91 Å². The summed E-state index contributed by atoms with van der Waals surface area (Å²) < 4.78 is 32.3. The van der Waals surface area contributed by atoms with Gasteiger partial charge in [0.15, 0.2) is 11.5 Å². The summed E-state index contributed by atoms with van der Waals surface area (Å²) in [4.78, 5) is 16.2. The van der Waals surface area contributed by atoms with E-state index in [0.717, 1.165) is 42.7 Å². The van der Waals surface area contributed by atoms with Crippen molar-refractivity contribution in [3.63, 3.8) is 0 Å². The molecule has 1 aliphatic carbocycles. The lowest BCUT2D eigenvalue weighted by molar-refractivity contribution is 0.0943. The SMILES string of the molecule is O=C(NCc1noc(-c2c(F)cccc2F)n1)c1n[nH]c2c1CCC2. The van der Waals surface area contributed by atoms with E-state index >= 15 is 0 Å². The van der Waals surface area contributed by atoms with E-state index in [1.807, 2.05) is 0 Å². The number of carbonyl (C=O) groups is 1. The van der Waals surface area contributed by atoms with Gasteiger partial charge in [0.05, 0.1) is 6.54 Å². The van der Waals surface area contributed by atoms with E-state index in [1.165, 1.54) is 6.07 Å². The van der Waals surface area contributed by atoms with Crippen molar-refractivity contribution in [1.29, 1.82) is 0 Å². The van der Waals surface area contributed by atoms with Crippen LogP contribution in [0, 0.1) is 11.6 Å². The maximum atomic E-state index is 13.7. The number of hydrogen-bond donors (Lipinski definition) is 2. The second-order valence-corrected chi connectivity index (χ2v) is 5.68. The number of nitrogens with one attached hydrogen (secondary N) is 2. The minimum atomic E-state index is -0.800. The molecule has 0 bridgehead atoms. The molecule has 1 aliphatic rings. The molecule has 128 valence electrons. The molecule has 0 aliphatic heterocycles. The summed E-state index contributed by atoms with van der Waals surface area (Å²) in [6, 6.07) is 3.44. The van der Waals surface area contributed by atoms with E-state index in [9.17, 15) is 13.6 Å². The number of hydrogen-bond acceptors (Lipinski definition) is 5. The number of aromatic nitrogens is 4. The van der Waals surface area contributed by atoms with Crippen LogP contribution in [0.1, 0.15) is 34.0 Å². The molecule has 25 heavy (non-hydrogen) atoms. The van der Waals surface area contributed by atoms with Crippen LogP contribution in [0.2, 0.25) is 0 Å². The standard InChI is InChI=1S/C16H13F2N5O2/c17-9-4-2-5-10(18)13(9)16-20-12(23-25-16)7-19-15(24)14-8-3-1-6-11(8)21-22-14/h2,4-5H,1,3,6-7H2,(H,19,24)(H,21,22). The summed E-state index contributed by atoms with van der Waals surface area (Å²) in [7, 11) is 0. The number of rotatable bonds is 4. The lowest BCUT2D eigenvalue weighted by atomic mass is 10.2. The highest BCUT2D eigenvalue weighted by atomic mass is 19.1. The number of amides is 1. The van der Waals surface area contributed by atoms with E-state index in [-0.39, 0.29) is 24.2 Å². The smallest absolute Gasteiger partial charge is 0.272 e. The molecule has 0 radical (unpaired) electrons. The Morgan fingerprint density at radius 1 is 1.28 bits per heavy atom. The fourth-order valence-corrected chi connectivity index (χ4v) is 2.88. The number of aromatic amines is 1. The molecule has 2 heterocycles. The fourth-order valence-electron chi connectivity index (χ4n) is 2.88. The topological polar surface area (TPSA) is 96.7 Å². The molecular formula is C16H13F2N5O2. The minimum absolute atomic E-state index is 0.0416. The number of benzene rings is 1. The van der Waals surface area contributed by atoms with Crippen LogP contribution < -0.4 is 5.32 Å². The zero-order valence-corrected chi connectivity index (χ0v) is 13.0. The molecule has 0 spiro atoms. The Balaban J connectivity index is 1.47. The van der Waals surface area contributed by atoms with Crippen molar-refractivity contribution in [2.24, 2.45) is 0 Å². The Labute approximate surface area is 140 Å². The Bertz CT molecular complexity index is 930. The lowest BCUT2D eigenvalue weighted by Crippen LogP contribution is -2.24. The van der Waals surface area contributed by atoms with Crippen molar-refractivity contribution in [1.82, 2.24) is 25.7 Å². The molecule has 4 rings (SSSR count). The zero-order chi connectivity index (χ0) is 17.4. The van der Waals surface area contributed by atoms with Gasteiger partial charge in [-0.2, -0.15) is 10.1 Å². The molecule has 2 aromatic heterocycles. The van der Waals surface area contributed by atoms with Crippen molar-refractivity contribution in [3.05, 3.63) is 52.6 Å². The van der Waals surface area contributed by atoms with Gasteiger partial charge in [0, 0.05) is 11.3 Å². The maximum absolute atomic E-state index is 13.7. The monoisotopic (exact) mass is 345 g/mol. The first-order chi connectivity index (χ1) is 12.1. The zero-order valence-electron chi connectivity index (χ0n) is 13.0. The summed E-state index contributed by atoms with van der Waals surface area (Å²) in [5, 5.41) is 13.2. The van der Waals surface area contributed by atoms with Gasteiger partial charge in [-0.05, 0) is 31.4 Å². The predicted octanol–water partition coefficient (Wildman–Crippen LogP) is 2.16. The first kappa shape index (κ1) is 15.4. The molecule has 0 fully saturated rings. The highest BCUT2D eigenvalue weighted by Crippen LogP contribution is 2.24. The average Bonchev–Trinajstić information content (AvgIpc) is 3.29. The van der Waals surface area contributed by atoms with Crippen LogP contribution in [0.4, 0.5) is 8.78 Å². The number of aryl methyl sites for hydroxylation is 1. The average molecular weight is 345 g/mol. The highest BCUT2D eigenvalue weighted by molar-refractivity contribution is 5.94. The summed E-state index contributed by atoms with van der Waals surface area (Å²) in [5.74, 6) is -2.13. The van der Waals surface area contributed by atoms with Gasteiger partial charge in [0.25, 0.3) is 11.8 Å². The second-order valence-electron chi connectivity index (χ2n) is 5.68. The Morgan fingerprint density at radius 3 is 2.88 bits per heavy atom. The van der Waals surface area contributed by atoms with Crippen molar-refractivity contribution < 1.29 is 18.1 Å². The molecule has 0 saturated heterocycles. The molecule has 2 N–H and O–H groups in total. The van der Waals surface area contributed by atoms with Gasteiger partial charge in [0.2, 0.25) is 0 Å². The summed E-state index contributed by atoms with van der Waals surface area (Å²) in [6.45, 7) is -0.0416. The summed E-state index contributed by atoms with van der Waals surface area (Å²) >= 11 is 0. The molecule has 1 amide bonds. The van der Waals surface area contributed by atoms with Crippen LogP contribution in [-0.2, 0) is 19.4 Å². The van der Waals surface area contributed by atoms with Gasteiger partial charge < -0.3 is 9.84 Å². The van der Waals surface area contributed by atoms with E-state index < -0.39 is 17.2 Å². The first-order valence-electron chi connectivity index (χ1n) is 7.75. The van der Waals surface area contributed by atoms with Gasteiger partial charge in [-0.25, -0.2) is 8.78 Å². The molecule has 9 heteroatoms. The van der Waals surface area contributed by atoms with E-state index in [0.29, 0.717) is 5.69 Å². The molecule has 0 unspecified atom stereocenters. The van der Waals surface area contributed by atoms with Crippen LogP contribution in [0.15, 0.2) is 22.7 Å². The molecule has 1 aromatic carbocycles. The number of carbonyl (C=O) groups excluding carboxylic acids is 1. The van der Waals surface area contributed by atoms with Crippen LogP contribution in [0.5, 0.6) is 0 Å². The third kappa shape index (κ3) is 2.77. The Hall–Kier alpha value is -3.10. The second kappa shape index (κ2) is 6.08. The third-order valence-electron chi connectivity index (χ3n) is 4.07. The molecule has 0 saturated carbocycles. The number of halogens is 2. The number of H-pyrrole nitrogens is 1. The maximum Gasteiger partial charge on any atom is 0.272 e. The molecule has 3 aromatic rings. The van der Waals surface area contributed by atoms with Gasteiger partial charge in [-0.15, -0.1) is 0 Å². The van der Waals surface area contributed by atoms with Crippen LogP contribution in [0.25, 0.3) is 11.5 Å². The van der Waals surface area contributed by atoms with E-state index in [1.54, 1.807) is 0 Å².